The first-order valence-corrected chi connectivity index (χ1v) is 9.68. The van der Waals surface area contributed by atoms with Gasteiger partial charge in [-0.25, -0.2) is 0 Å². The van der Waals surface area contributed by atoms with E-state index in [1.807, 2.05) is 42.3 Å². The Hall–Kier alpha value is -1.82. The SMILES string of the molecule is CSc1sc(C(=O)c2ccc(Cl)cc2)c(N)c1-[n+]1cccc(C)c1. The number of aromatic nitrogens is 1. The minimum absolute atomic E-state index is 0.0797. The summed E-state index contributed by atoms with van der Waals surface area (Å²) in [4.78, 5) is 13.4. The highest BCUT2D eigenvalue weighted by atomic mass is 35.5. The monoisotopic (exact) mass is 375 g/mol. The van der Waals surface area contributed by atoms with Gasteiger partial charge in [0.2, 0.25) is 5.78 Å². The fourth-order valence-electron chi connectivity index (χ4n) is 2.43. The van der Waals surface area contributed by atoms with E-state index in [9.17, 15) is 4.79 Å². The lowest BCUT2D eigenvalue weighted by molar-refractivity contribution is -0.597. The largest absolute Gasteiger partial charge is 0.392 e. The summed E-state index contributed by atoms with van der Waals surface area (Å²) in [6, 6.07) is 10.9. The van der Waals surface area contributed by atoms with Crippen molar-refractivity contribution in [1.82, 2.24) is 0 Å². The van der Waals surface area contributed by atoms with Crippen molar-refractivity contribution in [2.75, 3.05) is 12.0 Å². The molecule has 0 bridgehead atoms. The highest BCUT2D eigenvalue weighted by Crippen LogP contribution is 2.38. The van der Waals surface area contributed by atoms with E-state index in [2.05, 4.69) is 0 Å². The van der Waals surface area contributed by atoms with Crippen molar-refractivity contribution in [1.29, 1.82) is 0 Å². The second-order valence-electron chi connectivity index (χ2n) is 5.31. The number of carbonyl (C=O) groups excluding carboxylic acids is 1. The summed E-state index contributed by atoms with van der Waals surface area (Å²) < 4.78 is 2.99. The van der Waals surface area contributed by atoms with E-state index in [1.165, 1.54) is 11.3 Å². The Bertz CT molecular complexity index is 904. The molecule has 0 unspecified atom stereocenters. The van der Waals surface area contributed by atoms with Crippen LogP contribution in [0.3, 0.4) is 0 Å². The quantitative estimate of drug-likeness (QED) is 0.414. The van der Waals surface area contributed by atoms with Gasteiger partial charge in [0.15, 0.2) is 12.4 Å². The molecule has 2 N–H and O–H groups in total. The molecule has 0 fully saturated rings. The van der Waals surface area contributed by atoms with Gasteiger partial charge < -0.3 is 5.73 Å². The van der Waals surface area contributed by atoms with Crippen molar-refractivity contribution in [2.45, 2.75) is 11.1 Å². The van der Waals surface area contributed by atoms with Crippen molar-refractivity contribution in [2.24, 2.45) is 0 Å². The van der Waals surface area contributed by atoms with Gasteiger partial charge in [-0.05, 0) is 43.5 Å². The number of pyridine rings is 1. The van der Waals surface area contributed by atoms with Crippen LogP contribution in [0, 0.1) is 6.92 Å². The average molecular weight is 376 g/mol. The molecule has 0 atom stereocenters. The van der Waals surface area contributed by atoms with Gasteiger partial charge in [0.05, 0.1) is 0 Å². The fraction of sp³-hybridized carbons (Fsp3) is 0.111. The molecule has 3 rings (SSSR count). The van der Waals surface area contributed by atoms with Crippen LogP contribution in [0.5, 0.6) is 0 Å². The summed E-state index contributed by atoms with van der Waals surface area (Å²) in [6.45, 7) is 2.03. The molecule has 0 radical (unpaired) electrons. The van der Waals surface area contributed by atoms with Crippen molar-refractivity contribution >= 4 is 46.2 Å². The standard InChI is InChI=1S/C18H15ClN2OS2/c1-11-4-3-9-21(10-11)15-14(20)17(24-18(15)23-2)16(22)12-5-7-13(19)8-6-12/h3-10H,1-2H3,(H-,20,22)/p+1. The number of hydrogen-bond donors (Lipinski definition) is 1. The molecule has 0 saturated carbocycles. The molecule has 0 aliphatic carbocycles. The third kappa shape index (κ3) is 3.20. The number of aryl methyl sites for hydroxylation is 1. The highest BCUT2D eigenvalue weighted by Gasteiger charge is 2.27. The van der Waals surface area contributed by atoms with Crippen LogP contribution in [0.4, 0.5) is 5.69 Å². The minimum Gasteiger partial charge on any atom is -0.392 e. The molecule has 2 aromatic heterocycles. The van der Waals surface area contributed by atoms with E-state index in [-0.39, 0.29) is 5.78 Å². The molecule has 0 amide bonds. The predicted octanol–water partition coefficient (Wildman–Crippen LogP) is 4.52. The predicted molar refractivity (Wildman–Crippen MR) is 102 cm³/mol. The summed E-state index contributed by atoms with van der Waals surface area (Å²) in [5, 5.41) is 0.603. The first-order chi connectivity index (χ1) is 11.5. The molecule has 2 heterocycles. The van der Waals surface area contributed by atoms with Crippen LogP contribution in [-0.2, 0) is 0 Å². The van der Waals surface area contributed by atoms with E-state index in [0.717, 1.165) is 15.5 Å². The van der Waals surface area contributed by atoms with Gasteiger partial charge in [-0.15, -0.1) is 23.1 Å². The molecule has 1 aromatic carbocycles. The zero-order valence-electron chi connectivity index (χ0n) is 13.2. The van der Waals surface area contributed by atoms with Gasteiger partial charge in [-0.1, -0.05) is 11.6 Å². The molecule has 3 nitrogen and oxygen atoms in total. The number of halogens is 1. The Morgan fingerprint density at radius 2 is 1.96 bits per heavy atom. The first-order valence-electron chi connectivity index (χ1n) is 7.26. The van der Waals surface area contributed by atoms with Crippen LogP contribution < -0.4 is 10.3 Å². The number of thioether (sulfide) groups is 1. The van der Waals surface area contributed by atoms with Gasteiger partial charge in [0, 0.05) is 22.2 Å². The number of benzene rings is 1. The fourth-order valence-corrected chi connectivity index (χ4v) is 4.46. The second kappa shape index (κ2) is 6.97. The van der Waals surface area contributed by atoms with E-state index in [0.29, 0.717) is 21.2 Å². The third-order valence-electron chi connectivity index (χ3n) is 3.59. The Morgan fingerprint density at radius 3 is 2.58 bits per heavy atom. The summed E-state index contributed by atoms with van der Waals surface area (Å²) >= 11 is 8.92. The van der Waals surface area contributed by atoms with Crippen molar-refractivity contribution in [3.05, 3.63) is 69.8 Å². The lowest BCUT2D eigenvalue weighted by Gasteiger charge is -2.01. The smallest absolute Gasteiger partial charge is 0.259 e. The van der Waals surface area contributed by atoms with E-state index < -0.39 is 0 Å². The van der Waals surface area contributed by atoms with Crippen molar-refractivity contribution in [3.63, 3.8) is 0 Å². The highest BCUT2D eigenvalue weighted by molar-refractivity contribution is 8.00. The molecule has 3 aromatic rings. The Kier molecular flexibility index (Phi) is 4.94. The van der Waals surface area contributed by atoms with E-state index in [1.54, 1.807) is 36.0 Å². The van der Waals surface area contributed by atoms with Crippen molar-refractivity contribution < 1.29 is 9.36 Å². The maximum absolute atomic E-state index is 12.8. The van der Waals surface area contributed by atoms with E-state index >= 15 is 0 Å². The Morgan fingerprint density at radius 1 is 1.25 bits per heavy atom. The topological polar surface area (TPSA) is 47.0 Å². The Labute approximate surface area is 154 Å². The van der Waals surface area contributed by atoms with Gasteiger partial charge >= 0.3 is 0 Å². The van der Waals surface area contributed by atoms with E-state index in [4.69, 9.17) is 17.3 Å². The summed E-state index contributed by atoms with van der Waals surface area (Å²) in [7, 11) is 0. The number of nitrogens with zero attached hydrogens (tertiary/aromatic N) is 1. The van der Waals surface area contributed by atoms with Gasteiger partial charge in [0.1, 0.15) is 14.8 Å². The van der Waals surface area contributed by atoms with Crippen LogP contribution in [0.15, 0.2) is 53.0 Å². The van der Waals surface area contributed by atoms with Crippen LogP contribution >= 0.6 is 34.7 Å². The molecule has 24 heavy (non-hydrogen) atoms. The van der Waals surface area contributed by atoms with Crippen molar-refractivity contribution in [3.8, 4) is 5.69 Å². The van der Waals surface area contributed by atoms with Gasteiger partial charge in [-0.3, -0.25) is 4.79 Å². The normalized spacial score (nSPS) is 10.8. The molecule has 122 valence electrons. The van der Waals surface area contributed by atoms with Gasteiger partial charge in [-0.2, -0.15) is 4.57 Å². The summed E-state index contributed by atoms with van der Waals surface area (Å²) in [6.07, 6.45) is 5.94. The number of nitrogen functional groups attached to an aromatic ring is 1. The number of thiophene rings is 1. The third-order valence-corrected chi connectivity index (χ3v) is 6.15. The van der Waals surface area contributed by atoms with Crippen LogP contribution in [0.2, 0.25) is 5.02 Å². The molecule has 0 aliphatic heterocycles. The number of anilines is 1. The molecular formula is C18H16ClN2OS2+. The summed E-state index contributed by atoms with van der Waals surface area (Å²) in [5.41, 5.74) is 9.45. The summed E-state index contributed by atoms with van der Waals surface area (Å²) in [5.74, 6) is -0.0797. The van der Waals surface area contributed by atoms with Crippen LogP contribution in [-0.4, -0.2) is 12.0 Å². The lowest BCUT2D eigenvalue weighted by Crippen LogP contribution is -2.31. The molecule has 0 spiro atoms. The second-order valence-corrected chi connectivity index (χ2v) is 7.84. The zero-order valence-corrected chi connectivity index (χ0v) is 15.6. The molecular weight excluding hydrogens is 360 g/mol. The van der Waals surface area contributed by atoms with Crippen LogP contribution in [0.1, 0.15) is 20.8 Å². The molecule has 0 aliphatic rings. The minimum atomic E-state index is -0.0797. The number of ketones is 1. The molecule has 6 heteroatoms. The molecule has 0 saturated heterocycles. The number of carbonyl (C=O) groups is 1. The zero-order chi connectivity index (χ0) is 17.3. The maximum Gasteiger partial charge on any atom is 0.259 e. The number of nitrogens with two attached hydrogens (primary N) is 1. The van der Waals surface area contributed by atoms with Crippen LogP contribution in [0.25, 0.3) is 5.69 Å². The number of rotatable bonds is 4. The maximum atomic E-state index is 12.8. The number of hydrogen-bond acceptors (Lipinski definition) is 4. The average Bonchev–Trinajstić information content (AvgIpc) is 2.91. The first kappa shape index (κ1) is 17.0. The lowest BCUT2D eigenvalue weighted by atomic mass is 10.1. The Balaban J connectivity index is 2.11. The van der Waals surface area contributed by atoms with Gasteiger partial charge in [0.25, 0.3) is 5.69 Å².